The number of carbonyl (C=O) groups excluding carboxylic acids is 1. The first kappa shape index (κ1) is 15.7. The Morgan fingerprint density at radius 2 is 1.84 bits per heavy atom. The van der Waals surface area contributed by atoms with Crippen molar-refractivity contribution in [3.63, 3.8) is 0 Å². The minimum Gasteiger partial charge on any atom is -0.497 e. The maximum absolute atomic E-state index is 12.3. The van der Waals surface area contributed by atoms with E-state index < -0.39 is 0 Å². The smallest absolute Gasteiger partial charge is 0.228 e. The van der Waals surface area contributed by atoms with Crippen molar-refractivity contribution < 1.29 is 9.53 Å². The van der Waals surface area contributed by atoms with Crippen molar-refractivity contribution in [3.8, 4) is 16.9 Å². The Kier molecular flexibility index (Phi) is 4.14. The maximum Gasteiger partial charge on any atom is 0.228 e. The van der Waals surface area contributed by atoms with E-state index in [2.05, 4.69) is 21.6 Å². The van der Waals surface area contributed by atoms with Gasteiger partial charge in [0.15, 0.2) is 5.82 Å². The van der Waals surface area contributed by atoms with E-state index >= 15 is 0 Å². The molecule has 1 aliphatic rings. The highest BCUT2D eigenvalue weighted by Crippen LogP contribution is 2.30. The van der Waals surface area contributed by atoms with Gasteiger partial charge in [0.2, 0.25) is 5.91 Å². The Morgan fingerprint density at radius 1 is 1.12 bits per heavy atom. The number of benzene rings is 2. The zero-order valence-electron chi connectivity index (χ0n) is 14.2. The van der Waals surface area contributed by atoms with E-state index in [9.17, 15) is 4.79 Å². The zero-order valence-corrected chi connectivity index (χ0v) is 14.2. The molecule has 2 N–H and O–H groups in total. The topological polar surface area (TPSA) is 67.0 Å². The molecular weight excluding hydrogens is 314 g/mol. The van der Waals surface area contributed by atoms with Crippen LogP contribution >= 0.6 is 0 Å². The van der Waals surface area contributed by atoms with Crippen LogP contribution in [-0.4, -0.2) is 23.2 Å². The number of methoxy groups -OCH3 is 1. The molecule has 0 aliphatic heterocycles. The molecular formula is C20H21N3O2. The maximum atomic E-state index is 12.3. The van der Waals surface area contributed by atoms with Crippen molar-refractivity contribution >= 4 is 22.6 Å². The molecule has 1 aliphatic carbocycles. The van der Waals surface area contributed by atoms with E-state index in [0.717, 1.165) is 53.5 Å². The summed E-state index contributed by atoms with van der Waals surface area (Å²) in [5.41, 5.74) is 3.11. The summed E-state index contributed by atoms with van der Waals surface area (Å²) < 4.78 is 5.20. The Bertz CT molecular complexity index is 893. The Hall–Kier alpha value is -2.82. The third-order valence-corrected chi connectivity index (χ3v) is 4.95. The lowest BCUT2D eigenvalue weighted by Crippen LogP contribution is -2.20. The molecule has 25 heavy (non-hydrogen) atoms. The highest BCUT2D eigenvalue weighted by molar-refractivity contribution is 6.01. The number of nitrogens with one attached hydrogen (secondary N) is 2. The minimum atomic E-state index is 0.0881. The summed E-state index contributed by atoms with van der Waals surface area (Å²) in [6.45, 7) is 0. The monoisotopic (exact) mass is 335 g/mol. The molecule has 5 nitrogen and oxygen atoms in total. The van der Waals surface area contributed by atoms with Crippen LogP contribution in [0.3, 0.4) is 0 Å². The summed E-state index contributed by atoms with van der Waals surface area (Å²) in [6.07, 6.45) is 4.25. The van der Waals surface area contributed by atoms with Gasteiger partial charge in [-0.15, -0.1) is 0 Å². The molecule has 1 amide bonds. The highest BCUT2D eigenvalue weighted by Gasteiger charge is 2.23. The van der Waals surface area contributed by atoms with Crippen LogP contribution in [0.25, 0.3) is 22.0 Å². The van der Waals surface area contributed by atoms with Crippen LogP contribution in [0.5, 0.6) is 5.75 Å². The second kappa shape index (κ2) is 6.59. The minimum absolute atomic E-state index is 0.0881. The summed E-state index contributed by atoms with van der Waals surface area (Å²) in [6, 6.07) is 14.0. The van der Waals surface area contributed by atoms with Crippen molar-refractivity contribution in [1.82, 2.24) is 10.2 Å². The first-order valence-electron chi connectivity index (χ1n) is 8.68. The van der Waals surface area contributed by atoms with E-state index in [4.69, 9.17) is 4.74 Å². The van der Waals surface area contributed by atoms with Crippen LogP contribution < -0.4 is 10.1 Å². The fraction of sp³-hybridized carbons (Fsp3) is 0.300. The van der Waals surface area contributed by atoms with E-state index in [-0.39, 0.29) is 11.8 Å². The van der Waals surface area contributed by atoms with Crippen LogP contribution in [0.1, 0.15) is 25.7 Å². The summed E-state index contributed by atoms with van der Waals surface area (Å²) in [4.78, 5) is 12.3. The van der Waals surface area contributed by atoms with E-state index in [1.165, 1.54) is 0 Å². The average Bonchev–Trinajstić information content (AvgIpc) is 3.32. The molecule has 0 atom stereocenters. The number of carbonyl (C=O) groups is 1. The normalized spacial score (nSPS) is 14.8. The van der Waals surface area contributed by atoms with Gasteiger partial charge in [-0.1, -0.05) is 31.0 Å². The molecule has 0 unspecified atom stereocenters. The van der Waals surface area contributed by atoms with Crippen molar-refractivity contribution in [3.05, 3.63) is 42.5 Å². The molecule has 0 spiro atoms. The standard InChI is InChI=1S/C20H21N3O2/c1-25-16-9-6-13(7-10-16)15-8-11-17-18(12-15)22-23-19(17)21-20(24)14-4-2-3-5-14/h6-12,14H,2-5H2,1H3,(H2,21,22,23,24). The summed E-state index contributed by atoms with van der Waals surface area (Å²) in [5, 5.41) is 11.2. The number of anilines is 1. The van der Waals surface area contributed by atoms with Gasteiger partial charge < -0.3 is 10.1 Å². The van der Waals surface area contributed by atoms with Crippen LogP contribution in [0.15, 0.2) is 42.5 Å². The van der Waals surface area contributed by atoms with Crippen molar-refractivity contribution in [2.45, 2.75) is 25.7 Å². The number of amides is 1. The lowest BCUT2D eigenvalue weighted by Gasteiger charge is -2.08. The van der Waals surface area contributed by atoms with Crippen molar-refractivity contribution in [2.75, 3.05) is 12.4 Å². The van der Waals surface area contributed by atoms with Gasteiger partial charge in [0.1, 0.15) is 5.75 Å². The first-order chi connectivity index (χ1) is 12.2. The van der Waals surface area contributed by atoms with Gasteiger partial charge in [0.05, 0.1) is 12.6 Å². The predicted molar refractivity (Wildman–Crippen MR) is 98.7 cm³/mol. The average molecular weight is 335 g/mol. The van der Waals surface area contributed by atoms with Gasteiger partial charge in [-0.25, -0.2) is 0 Å². The molecule has 0 bridgehead atoms. The molecule has 1 saturated carbocycles. The molecule has 1 heterocycles. The first-order valence-corrected chi connectivity index (χ1v) is 8.68. The number of rotatable bonds is 4. The number of nitrogens with zero attached hydrogens (tertiary/aromatic N) is 1. The van der Waals surface area contributed by atoms with Gasteiger partial charge >= 0.3 is 0 Å². The second-order valence-corrected chi connectivity index (χ2v) is 6.53. The van der Waals surface area contributed by atoms with Gasteiger partial charge in [-0.05, 0) is 48.2 Å². The van der Waals surface area contributed by atoms with E-state index in [0.29, 0.717) is 5.82 Å². The van der Waals surface area contributed by atoms with E-state index in [1.807, 2.05) is 36.4 Å². The van der Waals surface area contributed by atoms with Crippen LogP contribution in [0, 0.1) is 5.92 Å². The highest BCUT2D eigenvalue weighted by atomic mass is 16.5. The fourth-order valence-corrected chi connectivity index (χ4v) is 3.48. The number of aromatic nitrogens is 2. The molecule has 4 rings (SSSR count). The largest absolute Gasteiger partial charge is 0.497 e. The lowest BCUT2D eigenvalue weighted by molar-refractivity contribution is -0.119. The van der Waals surface area contributed by atoms with Crippen LogP contribution in [0.2, 0.25) is 0 Å². The Balaban J connectivity index is 1.58. The predicted octanol–water partition coefficient (Wildman–Crippen LogP) is 4.37. The SMILES string of the molecule is COc1ccc(-c2ccc3c(NC(=O)C4CCCC4)n[nH]c3c2)cc1. The van der Waals surface area contributed by atoms with Crippen molar-refractivity contribution in [2.24, 2.45) is 5.92 Å². The molecule has 1 aromatic heterocycles. The summed E-state index contributed by atoms with van der Waals surface area (Å²) in [7, 11) is 1.66. The van der Waals surface area contributed by atoms with Crippen molar-refractivity contribution in [1.29, 1.82) is 0 Å². The number of H-pyrrole nitrogens is 1. The molecule has 2 aromatic carbocycles. The molecule has 5 heteroatoms. The zero-order chi connectivity index (χ0) is 17.2. The van der Waals surface area contributed by atoms with E-state index in [1.54, 1.807) is 7.11 Å². The molecule has 0 saturated heterocycles. The molecule has 128 valence electrons. The van der Waals surface area contributed by atoms with Gasteiger partial charge in [-0.3, -0.25) is 9.89 Å². The summed E-state index contributed by atoms with van der Waals surface area (Å²) >= 11 is 0. The van der Waals surface area contributed by atoms with Crippen LogP contribution in [-0.2, 0) is 4.79 Å². The fourth-order valence-electron chi connectivity index (χ4n) is 3.48. The number of aromatic amines is 1. The van der Waals surface area contributed by atoms with Gasteiger partial charge in [0.25, 0.3) is 0 Å². The molecule has 1 fully saturated rings. The molecule has 3 aromatic rings. The Morgan fingerprint density at radius 3 is 2.56 bits per heavy atom. The number of hydrogen-bond acceptors (Lipinski definition) is 3. The Labute approximate surface area is 146 Å². The number of hydrogen-bond donors (Lipinski definition) is 2. The second-order valence-electron chi connectivity index (χ2n) is 6.53. The third-order valence-electron chi connectivity index (χ3n) is 4.95. The van der Waals surface area contributed by atoms with Gasteiger partial charge in [0, 0.05) is 11.3 Å². The quantitative estimate of drug-likeness (QED) is 0.744. The third kappa shape index (κ3) is 3.09. The lowest BCUT2D eigenvalue weighted by atomic mass is 10.0. The van der Waals surface area contributed by atoms with Crippen LogP contribution in [0.4, 0.5) is 5.82 Å². The molecule has 0 radical (unpaired) electrons. The number of ether oxygens (including phenoxy) is 1. The number of fused-ring (bicyclic) bond motifs is 1. The van der Waals surface area contributed by atoms with Gasteiger partial charge in [-0.2, -0.15) is 5.10 Å². The summed E-state index contributed by atoms with van der Waals surface area (Å²) in [5.74, 6) is 1.67.